The summed E-state index contributed by atoms with van der Waals surface area (Å²) in [6.45, 7) is 4.53. The van der Waals surface area contributed by atoms with E-state index in [1.807, 2.05) is 0 Å². The fraction of sp³-hybridized carbons (Fsp3) is 0.647. The largest absolute Gasteiger partial charge is 2.00 e. The molecule has 120 valence electrons. The summed E-state index contributed by atoms with van der Waals surface area (Å²) in [6, 6.07) is 6.31. The Bertz CT molecular complexity index is 493. The molecule has 1 aromatic carbocycles. The van der Waals surface area contributed by atoms with E-state index in [1.165, 1.54) is 50.7 Å². The number of rotatable bonds is 10. The first-order valence-corrected chi connectivity index (χ1v) is 9.43. The number of unbranched alkanes of at least 4 members (excludes halogenated alkanes) is 3. The maximum atomic E-state index is 10.8. The predicted molar refractivity (Wildman–Crippen MR) is 91.0 cm³/mol. The van der Waals surface area contributed by atoms with Crippen LogP contribution in [-0.2, 0) is 16.5 Å². The molecule has 0 unspecified atom stereocenters. The van der Waals surface area contributed by atoms with Gasteiger partial charge in [-0.2, -0.15) is 0 Å². The van der Waals surface area contributed by atoms with E-state index in [0.29, 0.717) is 0 Å². The summed E-state index contributed by atoms with van der Waals surface area (Å²) in [6.07, 6.45) is 9.75. The summed E-state index contributed by atoms with van der Waals surface area (Å²) in [7, 11) is -4.32. The molecule has 0 bridgehead atoms. The Kier molecular flexibility index (Phi) is 12.1. The van der Waals surface area contributed by atoms with E-state index in [0.717, 1.165) is 24.3 Å². The average molecular weight is 352 g/mol. The van der Waals surface area contributed by atoms with Crippen molar-refractivity contribution in [2.75, 3.05) is 0 Å². The molecule has 0 aliphatic carbocycles. The monoisotopic (exact) mass is 351 g/mol. The minimum atomic E-state index is -4.32. The molecule has 0 amide bonds. The van der Waals surface area contributed by atoms with Gasteiger partial charge in [0.05, 0.1) is 4.90 Å². The van der Waals surface area contributed by atoms with Crippen molar-refractivity contribution in [2.24, 2.45) is 5.92 Å². The maximum Gasteiger partial charge on any atom is 2.00 e. The molecule has 0 aliphatic heterocycles. The molecule has 22 heavy (non-hydrogen) atoms. The maximum absolute atomic E-state index is 10.8. The van der Waals surface area contributed by atoms with E-state index in [9.17, 15) is 13.0 Å². The summed E-state index contributed by atoms with van der Waals surface area (Å²) in [5.41, 5.74) is 1.10. The Labute approximate surface area is 165 Å². The van der Waals surface area contributed by atoms with Gasteiger partial charge in [-0.05, 0) is 36.5 Å². The van der Waals surface area contributed by atoms with Crippen LogP contribution >= 0.6 is 0 Å². The van der Waals surface area contributed by atoms with Crippen molar-refractivity contribution in [3.63, 3.8) is 0 Å². The van der Waals surface area contributed by atoms with Gasteiger partial charge < -0.3 is 4.55 Å². The summed E-state index contributed by atoms with van der Waals surface area (Å²) in [5.74, 6) is 0.881. The van der Waals surface area contributed by atoms with Crippen LogP contribution in [0.15, 0.2) is 29.2 Å². The Morgan fingerprint density at radius 1 is 0.955 bits per heavy atom. The van der Waals surface area contributed by atoms with Crippen molar-refractivity contribution >= 4 is 47.9 Å². The minimum Gasteiger partial charge on any atom is -0.744 e. The quantitative estimate of drug-likeness (QED) is 0.362. The fourth-order valence-corrected chi connectivity index (χ4v) is 3.10. The molecule has 0 aliphatic rings. The van der Waals surface area contributed by atoms with Crippen LogP contribution in [0.5, 0.6) is 0 Å². The zero-order chi connectivity index (χ0) is 15.7. The molecule has 0 spiro atoms. The summed E-state index contributed by atoms with van der Waals surface area (Å²) in [5, 5.41) is 0. The molecule has 0 heterocycles. The molecule has 0 saturated heterocycles. The average Bonchev–Trinajstić information content (AvgIpc) is 2.46. The molecular formula is C17H27CaO3S+. The summed E-state index contributed by atoms with van der Waals surface area (Å²) in [4.78, 5) is -0.142. The Morgan fingerprint density at radius 2 is 1.50 bits per heavy atom. The van der Waals surface area contributed by atoms with Crippen LogP contribution in [0.3, 0.4) is 0 Å². The molecular weight excluding hydrogens is 324 g/mol. The topological polar surface area (TPSA) is 57.2 Å². The van der Waals surface area contributed by atoms with E-state index in [1.54, 1.807) is 12.1 Å². The van der Waals surface area contributed by atoms with Gasteiger partial charge in [0.15, 0.2) is 0 Å². The van der Waals surface area contributed by atoms with Gasteiger partial charge in [0.2, 0.25) is 0 Å². The Hall–Kier alpha value is 0.390. The molecule has 0 fully saturated rings. The number of hydrogen-bond acceptors (Lipinski definition) is 3. The van der Waals surface area contributed by atoms with Crippen LogP contribution in [0.25, 0.3) is 0 Å². The SMILES string of the molecule is CCC(CC)CCCCCCc1ccc(S(=O)(=O)[O-])cc1.[Ca+2]. The molecule has 0 atom stereocenters. The van der Waals surface area contributed by atoms with Gasteiger partial charge in [0.25, 0.3) is 0 Å². The third kappa shape index (κ3) is 8.87. The number of aryl methyl sites for hydroxylation is 1. The van der Waals surface area contributed by atoms with Gasteiger partial charge in [-0.15, -0.1) is 0 Å². The second-order valence-electron chi connectivity index (χ2n) is 5.73. The smallest absolute Gasteiger partial charge is 0.744 e. The first kappa shape index (κ1) is 22.4. The normalized spacial score (nSPS) is 11.5. The molecule has 3 nitrogen and oxygen atoms in total. The van der Waals surface area contributed by atoms with Gasteiger partial charge in [-0.3, -0.25) is 0 Å². The van der Waals surface area contributed by atoms with Gasteiger partial charge >= 0.3 is 37.7 Å². The first-order valence-electron chi connectivity index (χ1n) is 8.02. The van der Waals surface area contributed by atoms with Crippen LogP contribution in [0, 0.1) is 5.92 Å². The predicted octanol–water partition coefficient (Wildman–Crippen LogP) is 4.14. The van der Waals surface area contributed by atoms with Crippen molar-refractivity contribution in [2.45, 2.75) is 70.1 Å². The Balaban J connectivity index is 0.00000441. The number of hydrogen-bond donors (Lipinski definition) is 0. The molecule has 1 rings (SSSR count). The van der Waals surface area contributed by atoms with Gasteiger partial charge in [-0.1, -0.05) is 64.5 Å². The van der Waals surface area contributed by atoms with E-state index in [4.69, 9.17) is 0 Å². The molecule has 0 radical (unpaired) electrons. The molecule has 1 aromatic rings. The van der Waals surface area contributed by atoms with Gasteiger partial charge in [-0.25, -0.2) is 8.42 Å². The zero-order valence-electron chi connectivity index (χ0n) is 13.9. The second kappa shape index (κ2) is 11.9. The number of benzene rings is 1. The summed E-state index contributed by atoms with van der Waals surface area (Å²) < 4.78 is 32.5. The van der Waals surface area contributed by atoms with Gasteiger partial charge in [0, 0.05) is 0 Å². The van der Waals surface area contributed by atoms with Crippen molar-refractivity contribution in [1.29, 1.82) is 0 Å². The van der Waals surface area contributed by atoms with Crippen LogP contribution in [-0.4, -0.2) is 50.7 Å². The first-order chi connectivity index (χ1) is 9.97. The molecule has 0 aromatic heterocycles. The third-order valence-corrected chi connectivity index (χ3v) is 5.04. The second-order valence-corrected chi connectivity index (χ2v) is 7.11. The van der Waals surface area contributed by atoms with Crippen LogP contribution < -0.4 is 0 Å². The van der Waals surface area contributed by atoms with E-state index in [-0.39, 0.29) is 42.6 Å². The van der Waals surface area contributed by atoms with Crippen LogP contribution in [0.1, 0.15) is 64.4 Å². The van der Waals surface area contributed by atoms with Crippen molar-refractivity contribution in [3.05, 3.63) is 29.8 Å². The van der Waals surface area contributed by atoms with E-state index < -0.39 is 10.1 Å². The Morgan fingerprint density at radius 3 is 2.00 bits per heavy atom. The van der Waals surface area contributed by atoms with Crippen molar-refractivity contribution < 1.29 is 13.0 Å². The van der Waals surface area contributed by atoms with E-state index in [2.05, 4.69) is 13.8 Å². The van der Waals surface area contributed by atoms with Crippen molar-refractivity contribution in [1.82, 2.24) is 0 Å². The third-order valence-electron chi connectivity index (χ3n) is 4.19. The minimum absolute atomic E-state index is 0. The van der Waals surface area contributed by atoms with Crippen LogP contribution in [0.4, 0.5) is 0 Å². The summed E-state index contributed by atoms with van der Waals surface area (Å²) >= 11 is 0. The van der Waals surface area contributed by atoms with Crippen LogP contribution in [0.2, 0.25) is 0 Å². The van der Waals surface area contributed by atoms with Crippen molar-refractivity contribution in [3.8, 4) is 0 Å². The molecule has 0 saturated carbocycles. The van der Waals surface area contributed by atoms with Gasteiger partial charge in [0.1, 0.15) is 10.1 Å². The molecule has 0 N–H and O–H groups in total. The van der Waals surface area contributed by atoms with E-state index >= 15 is 0 Å². The standard InChI is InChI=1S/C17H28O3S.Ca/c1-3-15(4-2)9-7-5-6-8-10-16-11-13-17(14-12-16)21(18,19)20;/h11-15H,3-10H2,1-2H3,(H,18,19,20);/q;+2/p-1. The fourth-order valence-electron chi connectivity index (χ4n) is 2.64. The zero-order valence-corrected chi connectivity index (χ0v) is 16.9. The molecule has 5 heteroatoms.